The first-order valence-corrected chi connectivity index (χ1v) is 10.1. The van der Waals surface area contributed by atoms with Crippen LogP contribution in [0.4, 0.5) is 0 Å². The van der Waals surface area contributed by atoms with E-state index in [9.17, 15) is 4.79 Å². The third kappa shape index (κ3) is 5.39. The first-order valence-electron chi connectivity index (χ1n) is 9.31. The van der Waals surface area contributed by atoms with Crippen molar-refractivity contribution in [3.05, 3.63) is 64.1 Å². The van der Waals surface area contributed by atoms with E-state index in [4.69, 9.17) is 32.7 Å². The molecule has 150 valence electrons. The lowest BCUT2D eigenvalue weighted by atomic mass is 10.0. The Labute approximate surface area is 175 Å². The molecule has 1 aliphatic rings. The fraction of sp³-hybridized carbons (Fsp3) is 0.381. The Kier molecular flexibility index (Phi) is 7.57. The maximum atomic E-state index is 12.6. The van der Waals surface area contributed by atoms with Crippen LogP contribution in [0.2, 0.25) is 10.0 Å². The van der Waals surface area contributed by atoms with Gasteiger partial charge in [0.25, 0.3) is 5.91 Å². The highest BCUT2D eigenvalue weighted by Crippen LogP contribution is 2.28. The topological polar surface area (TPSA) is 50.8 Å². The predicted octanol–water partition coefficient (Wildman–Crippen LogP) is 3.95. The Balaban J connectivity index is 1.66. The van der Waals surface area contributed by atoms with E-state index in [1.807, 2.05) is 36.4 Å². The molecule has 2 aromatic rings. The number of nitrogens with zero attached hydrogens (tertiary/aromatic N) is 1. The van der Waals surface area contributed by atoms with Gasteiger partial charge in [-0.25, -0.2) is 0 Å². The second-order valence-electron chi connectivity index (χ2n) is 6.62. The number of hydrogen-bond acceptors (Lipinski definition) is 4. The van der Waals surface area contributed by atoms with Gasteiger partial charge in [-0.3, -0.25) is 9.69 Å². The molecule has 7 heteroatoms. The molecule has 3 rings (SSSR count). The fourth-order valence-electron chi connectivity index (χ4n) is 3.20. The highest BCUT2D eigenvalue weighted by molar-refractivity contribution is 6.32. The summed E-state index contributed by atoms with van der Waals surface area (Å²) in [4.78, 5) is 14.9. The largest absolute Gasteiger partial charge is 0.479 e. The summed E-state index contributed by atoms with van der Waals surface area (Å²) in [5.74, 6) is 0.285. The summed E-state index contributed by atoms with van der Waals surface area (Å²) in [5.41, 5.74) is 0.992. The first kappa shape index (κ1) is 20.9. The second-order valence-corrected chi connectivity index (χ2v) is 7.44. The standard InChI is InChI=1S/C21H24Cl2N2O3/c1-15(28-20-9-5-4-8-18(20)23)21(26)24-14-19(25-10-12-27-13-11-25)16-6-2-3-7-17(16)22/h2-9,15,19H,10-14H2,1H3,(H,24,26). The van der Waals surface area contributed by atoms with Gasteiger partial charge in [-0.1, -0.05) is 53.5 Å². The first-order chi connectivity index (χ1) is 13.6. The van der Waals surface area contributed by atoms with E-state index in [2.05, 4.69) is 10.2 Å². The summed E-state index contributed by atoms with van der Waals surface area (Å²) in [6.45, 7) is 5.05. The molecule has 1 amide bonds. The van der Waals surface area contributed by atoms with Gasteiger partial charge < -0.3 is 14.8 Å². The van der Waals surface area contributed by atoms with E-state index in [0.717, 1.165) is 18.7 Å². The van der Waals surface area contributed by atoms with Crippen molar-refractivity contribution >= 4 is 29.1 Å². The summed E-state index contributed by atoms with van der Waals surface area (Å²) in [6.07, 6.45) is -0.670. The lowest BCUT2D eigenvalue weighted by molar-refractivity contribution is -0.127. The number of benzene rings is 2. The van der Waals surface area contributed by atoms with Crippen LogP contribution in [0.3, 0.4) is 0 Å². The molecular formula is C21H24Cl2N2O3. The molecular weight excluding hydrogens is 399 g/mol. The summed E-state index contributed by atoms with van der Waals surface area (Å²) >= 11 is 12.5. The van der Waals surface area contributed by atoms with Crippen molar-refractivity contribution in [2.45, 2.75) is 19.1 Å². The van der Waals surface area contributed by atoms with Crippen LogP contribution >= 0.6 is 23.2 Å². The van der Waals surface area contributed by atoms with Crippen LogP contribution in [0.15, 0.2) is 48.5 Å². The van der Waals surface area contributed by atoms with E-state index in [1.165, 1.54) is 0 Å². The number of hydrogen-bond donors (Lipinski definition) is 1. The third-order valence-electron chi connectivity index (χ3n) is 4.73. The van der Waals surface area contributed by atoms with Gasteiger partial charge in [0.1, 0.15) is 5.75 Å². The molecule has 2 atom stereocenters. The highest BCUT2D eigenvalue weighted by Gasteiger charge is 2.26. The minimum atomic E-state index is -0.670. The summed E-state index contributed by atoms with van der Waals surface area (Å²) in [5, 5.41) is 4.16. The Hall–Kier alpha value is -1.79. The Morgan fingerprint density at radius 1 is 1.11 bits per heavy atom. The van der Waals surface area contributed by atoms with Crippen LogP contribution in [0.5, 0.6) is 5.75 Å². The number of carbonyl (C=O) groups excluding carboxylic acids is 1. The van der Waals surface area contributed by atoms with Gasteiger partial charge in [0.2, 0.25) is 0 Å². The average Bonchev–Trinajstić information content (AvgIpc) is 2.71. The van der Waals surface area contributed by atoms with Crippen LogP contribution in [0, 0.1) is 0 Å². The van der Waals surface area contributed by atoms with Crippen molar-refractivity contribution in [1.29, 1.82) is 0 Å². The van der Waals surface area contributed by atoms with Crippen molar-refractivity contribution in [1.82, 2.24) is 10.2 Å². The fourth-order valence-corrected chi connectivity index (χ4v) is 3.64. The maximum absolute atomic E-state index is 12.6. The van der Waals surface area contributed by atoms with Crippen molar-refractivity contribution in [3.63, 3.8) is 0 Å². The molecule has 1 aliphatic heterocycles. The molecule has 28 heavy (non-hydrogen) atoms. The molecule has 2 aromatic carbocycles. The lowest BCUT2D eigenvalue weighted by Gasteiger charge is -2.35. The number of nitrogens with one attached hydrogen (secondary N) is 1. The van der Waals surface area contributed by atoms with Gasteiger partial charge >= 0.3 is 0 Å². The molecule has 0 radical (unpaired) electrons. The molecule has 1 fully saturated rings. The van der Waals surface area contributed by atoms with Crippen molar-refractivity contribution in [2.75, 3.05) is 32.8 Å². The number of rotatable bonds is 7. The zero-order valence-corrected chi connectivity index (χ0v) is 17.2. The smallest absolute Gasteiger partial charge is 0.260 e. The van der Waals surface area contributed by atoms with Gasteiger partial charge in [-0.05, 0) is 30.7 Å². The Morgan fingerprint density at radius 3 is 2.43 bits per heavy atom. The predicted molar refractivity (Wildman–Crippen MR) is 111 cm³/mol. The summed E-state index contributed by atoms with van der Waals surface area (Å²) < 4.78 is 11.2. The zero-order chi connectivity index (χ0) is 19.9. The van der Waals surface area contributed by atoms with E-state index >= 15 is 0 Å². The highest BCUT2D eigenvalue weighted by atomic mass is 35.5. The van der Waals surface area contributed by atoms with Gasteiger partial charge in [0.05, 0.1) is 24.3 Å². The number of para-hydroxylation sites is 1. The Bertz CT molecular complexity index is 797. The van der Waals surface area contributed by atoms with E-state index in [0.29, 0.717) is 35.6 Å². The Morgan fingerprint density at radius 2 is 1.75 bits per heavy atom. The van der Waals surface area contributed by atoms with E-state index < -0.39 is 6.10 Å². The molecule has 0 aromatic heterocycles. The van der Waals surface area contributed by atoms with Crippen LogP contribution in [-0.2, 0) is 9.53 Å². The van der Waals surface area contributed by atoms with Crippen molar-refractivity contribution in [2.24, 2.45) is 0 Å². The SMILES string of the molecule is CC(Oc1ccccc1Cl)C(=O)NCC(c1ccccc1Cl)N1CCOCC1. The van der Waals surface area contributed by atoms with Crippen molar-refractivity contribution in [3.8, 4) is 5.75 Å². The van der Waals surface area contributed by atoms with Crippen molar-refractivity contribution < 1.29 is 14.3 Å². The van der Waals surface area contributed by atoms with Gasteiger partial charge in [-0.15, -0.1) is 0 Å². The molecule has 1 saturated heterocycles. The lowest BCUT2D eigenvalue weighted by Crippen LogP contribution is -2.46. The van der Waals surface area contributed by atoms with Crippen LogP contribution in [0.1, 0.15) is 18.5 Å². The normalized spacial score (nSPS) is 17.0. The van der Waals surface area contributed by atoms with E-state index in [1.54, 1.807) is 19.1 Å². The van der Waals surface area contributed by atoms with Crippen LogP contribution < -0.4 is 10.1 Å². The molecule has 0 spiro atoms. The monoisotopic (exact) mass is 422 g/mol. The number of ether oxygens (including phenoxy) is 2. The minimum Gasteiger partial charge on any atom is -0.479 e. The molecule has 1 heterocycles. The van der Waals surface area contributed by atoms with Crippen LogP contribution in [-0.4, -0.2) is 49.8 Å². The van der Waals surface area contributed by atoms with E-state index in [-0.39, 0.29) is 11.9 Å². The third-order valence-corrected chi connectivity index (χ3v) is 5.39. The molecule has 1 N–H and O–H groups in total. The van der Waals surface area contributed by atoms with Gasteiger partial charge in [0.15, 0.2) is 6.10 Å². The molecule has 0 bridgehead atoms. The maximum Gasteiger partial charge on any atom is 0.260 e. The number of halogens is 2. The number of amides is 1. The average molecular weight is 423 g/mol. The second kappa shape index (κ2) is 10.1. The van der Waals surface area contributed by atoms with Crippen LogP contribution in [0.25, 0.3) is 0 Å². The molecule has 0 saturated carbocycles. The molecule has 5 nitrogen and oxygen atoms in total. The quantitative estimate of drug-likeness (QED) is 0.733. The number of carbonyl (C=O) groups is 1. The van der Waals surface area contributed by atoms with Gasteiger partial charge in [-0.2, -0.15) is 0 Å². The minimum absolute atomic E-state index is 0.0333. The van der Waals surface area contributed by atoms with Gasteiger partial charge in [0, 0.05) is 24.7 Å². The molecule has 0 aliphatic carbocycles. The zero-order valence-electron chi connectivity index (χ0n) is 15.7. The number of morpholine rings is 1. The summed E-state index contributed by atoms with van der Waals surface area (Å²) in [7, 11) is 0. The summed E-state index contributed by atoms with van der Waals surface area (Å²) in [6, 6.07) is 14.8. The molecule has 2 unspecified atom stereocenters.